The van der Waals surface area contributed by atoms with E-state index in [1.165, 1.54) is 44.9 Å². The summed E-state index contributed by atoms with van der Waals surface area (Å²) in [5.74, 6) is 0. The topological polar surface area (TPSA) is 21.3 Å². The van der Waals surface area contributed by atoms with Gasteiger partial charge in [-0.25, -0.2) is 0 Å². The first kappa shape index (κ1) is 15.0. The highest BCUT2D eigenvalue weighted by Gasteiger charge is 2.33. The molecule has 0 aliphatic heterocycles. The van der Waals surface area contributed by atoms with Crippen molar-refractivity contribution in [1.29, 1.82) is 0 Å². The molecule has 102 valence electrons. The van der Waals surface area contributed by atoms with E-state index in [1.54, 1.807) is 0 Å². The highest BCUT2D eigenvalue weighted by molar-refractivity contribution is 4.89. The van der Waals surface area contributed by atoms with Crippen LogP contribution in [0.2, 0.25) is 0 Å². The summed E-state index contributed by atoms with van der Waals surface area (Å²) in [6.07, 6.45) is 8.93. The molecular formula is C15H31NO. The average molecular weight is 241 g/mol. The lowest BCUT2D eigenvalue weighted by Gasteiger charge is -2.39. The smallest absolute Gasteiger partial charge is 0.0806 e. The standard InChI is InChI=1S/C15H31NO/c1-5-6-12-17-15(10-8-7-9-11-15)13-16-14(2,3)4/h16H,5-13H2,1-4H3. The van der Waals surface area contributed by atoms with Gasteiger partial charge in [0.25, 0.3) is 0 Å². The van der Waals surface area contributed by atoms with Crippen LogP contribution in [0.5, 0.6) is 0 Å². The Labute approximate surface area is 108 Å². The summed E-state index contributed by atoms with van der Waals surface area (Å²) in [5.41, 5.74) is 0.319. The first-order chi connectivity index (χ1) is 7.97. The molecule has 0 aromatic carbocycles. The minimum Gasteiger partial charge on any atom is -0.374 e. The summed E-state index contributed by atoms with van der Waals surface area (Å²) in [5, 5.41) is 3.63. The van der Waals surface area contributed by atoms with E-state index in [0.717, 1.165) is 13.2 Å². The molecular weight excluding hydrogens is 210 g/mol. The third-order valence-corrected chi connectivity index (χ3v) is 3.61. The number of nitrogens with one attached hydrogen (secondary N) is 1. The summed E-state index contributed by atoms with van der Waals surface area (Å²) in [4.78, 5) is 0. The molecule has 0 heterocycles. The Balaban J connectivity index is 2.46. The van der Waals surface area contributed by atoms with Gasteiger partial charge >= 0.3 is 0 Å². The summed E-state index contributed by atoms with van der Waals surface area (Å²) in [6, 6.07) is 0. The van der Waals surface area contributed by atoms with Gasteiger partial charge in [-0.15, -0.1) is 0 Å². The second kappa shape index (κ2) is 6.75. The van der Waals surface area contributed by atoms with Gasteiger partial charge in [-0.1, -0.05) is 32.6 Å². The maximum Gasteiger partial charge on any atom is 0.0806 e. The van der Waals surface area contributed by atoms with Crippen LogP contribution in [0.1, 0.15) is 72.6 Å². The quantitative estimate of drug-likeness (QED) is 0.712. The first-order valence-corrected chi connectivity index (χ1v) is 7.36. The van der Waals surface area contributed by atoms with Crippen LogP contribution < -0.4 is 5.32 Å². The molecule has 0 unspecified atom stereocenters. The molecule has 2 heteroatoms. The molecule has 2 nitrogen and oxygen atoms in total. The molecule has 1 aliphatic carbocycles. The number of hydrogen-bond acceptors (Lipinski definition) is 2. The lowest BCUT2D eigenvalue weighted by atomic mass is 9.84. The lowest BCUT2D eigenvalue weighted by molar-refractivity contribution is -0.0721. The van der Waals surface area contributed by atoms with E-state index in [2.05, 4.69) is 33.0 Å². The van der Waals surface area contributed by atoms with Crippen LogP contribution >= 0.6 is 0 Å². The van der Waals surface area contributed by atoms with Crippen molar-refractivity contribution in [2.45, 2.75) is 83.8 Å². The zero-order valence-electron chi connectivity index (χ0n) is 12.3. The number of ether oxygens (including phenoxy) is 1. The summed E-state index contributed by atoms with van der Waals surface area (Å²) in [6.45, 7) is 10.9. The third-order valence-electron chi connectivity index (χ3n) is 3.61. The molecule has 1 aliphatic rings. The van der Waals surface area contributed by atoms with E-state index in [9.17, 15) is 0 Å². The van der Waals surface area contributed by atoms with Crippen molar-refractivity contribution in [1.82, 2.24) is 5.32 Å². The van der Waals surface area contributed by atoms with Crippen LogP contribution in [0.15, 0.2) is 0 Å². The van der Waals surface area contributed by atoms with Gasteiger partial charge in [-0.3, -0.25) is 0 Å². The molecule has 0 atom stereocenters. The van der Waals surface area contributed by atoms with Gasteiger partial charge in [0.05, 0.1) is 5.60 Å². The highest BCUT2D eigenvalue weighted by Crippen LogP contribution is 2.31. The monoisotopic (exact) mass is 241 g/mol. The van der Waals surface area contributed by atoms with Gasteiger partial charge in [0, 0.05) is 18.7 Å². The Morgan fingerprint density at radius 3 is 2.29 bits per heavy atom. The van der Waals surface area contributed by atoms with Gasteiger partial charge in [0.15, 0.2) is 0 Å². The molecule has 1 fully saturated rings. The molecule has 0 spiro atoms. The second-order valence-corrected chi connectivity index (χ2v) is 6.55. The summed E-state index contributed by atoms with van der Waals surface area (Å²) in [7, 11) is 0. The maximum atomic E-state index is 6.24. The Morgan fingerprint density at radius 2 is 1.76 bits per heavy atom. The van der Waals surface area contributed by atoms with Crippen molar-refractivity contribution in [2.24, 2.45) is 0 Å². The maximum absolute atomic E-state index is 6.24. The Kier molecular flexibility index (Phi) is 5.94. The molecule has 0 aromatic rings. The minimum atomic E-state index is 0.126. The predicted octanol–water partition coefficient (Wildman–Crippen LogP) is 3.89. The molecule has 0 bridgehead atoms. The molecule has 0 saturated heterocycles. The van der Waals surface area contributed by atoms with E-state index >= 15 is 0 Å². The van der Waals surface area contributed by atoms with Crippen LogP contribution in [0.3, 0.4) is 0 Å². The van der Waals surface area contributed by atoms with Gasteiger partial charge < -0.3 is 10.1 Å². The van der Waals surface area contributed by atoms with Crippen molar-refractivity contribution in [2.75, 3.05) is 13.2 Å². The summed E-state index contributed by atoms with van der Waals surface area (Å²) < 4.78 is 6.24. The van der Waals surface area contributed by atoms with Crippen LogP contribution in [-0.2, 0) is 4.74 Å². The van der Waals surface area contributed by atoms with E-state index in [1.807, 2.05) is 0 Å². The van der Waals surface area contributed by atoms with E-state index < -0.39 is 0 Å². The molecule has 1 saturated carbocycles. The normalized spacial score (nSPS) is 20.5. The average Bonchev–Trinajstić information content (AvgIpc) is 2.28. The van der Waals surface area contributed by atoms with Gasteiger partial charge in [-0.05, 0) is 40.0 Å². The molecule has 17 heavy (non-hydrogen) atoms. The van der Waals surface area contributed by atoms with Crippen LogP contribution in [-0.4, -0.2) is 24.3 Å². The molecule has 0 radical (unpaired) electrons. The van der Waals surface area contributed by atoms with Crippen LogP contribution in [0.4, 0.5) is 0 Å². The Hall–Kier alpha value is -0.0800. The van der Waals surface area contributed by atoms with Crippen LogP contribution in [0, 0.1) is 0 Å². The van der Waals surface area contributed by atoms with Gasteiger partial charge in [0.2, 0.25) is 0 Å². The molecule has 0 aromatic heterocycles. The first-order valence-electron chi connectivity index (χ1n) is 7.36. The fraction of sp³-hybridized carbons (Fsp3) is 1.00. The Morgan fingerprint density at radius 1 is 1.12 bits per heavy atom. The fourth-order valence-electron chi connectivity index (χ4n) is 2.43. The second-order valence-electron chi connectivity index (χ2n) is 6.55. The van der Waals surface area contributed by atoms with Crippen molar-refractivity contribution in [3.05, 3.63) is 0 Å². The third kappa shape index (κ3) is 5.87. The zero-order chi connectivity index (χ0) is 12.8. The Bertz CT molecular complexity index is 201. The number of hydrogen-bond donors (Lipinski definition) is 1. The lowest BCUT2D eigenvalue weighted by Crippen LogP contribution is -2.50. The number of unbranched alkanes of at least 4 members (excludes halogenated alkanes) is 1. The largest absolute Gasteiger partial charge is 0.374 e. The van der Waals surface area contributed by atoms with Gasteiger partial charge in [-0.2, -0.15) is 0 Å². The van der Waals surface area contributed by atoms with Crippen molar-refractivity contribution >= 4 is 0 Å². The van der Waals surface area contributed by atoms with Gasteiger partial charge in [0.1, 0.15) is 0 Å². The summed E-state index contributed by atoms with van der Waals surface area (Å²) >= 11 is 0. The van der Waals surface area contributed by atoms with Crippen molar-refractivity contribution in [3.8, 4) is 0 Å². The van der Waals surface area contributed by atoms with E-state index in [-0.39, 0.29) is 11.1 Å². The molecule has 1 N–H and O–H groups in total. The highest BCUT2D eigenvalue weighted by atomic mass is 16.5. The SMILES string of the molecule is CCCCOC1(CNC(C)(C)C)CCCCC1. The molecule has 0 amide bonds. The predicted molar refractivity (Wildman–Crippen MR) is 74.4 cm³/mol. The van der Waals surface area contributed by atoms with Crippen molar-refractivity contribution in [3.63, 3.8) is 0 Å². The van der Waals surface area contributed by atoms with Crippen LogP contribution in [0.25, 0.3) is 0 Å². The molecule has 1 rings (SSSR count). The van der Waals surface area contributed by atoms with E-state index in [4.69, 9.17) is 4.74 Å². The van der Waals surface area contributed by atoms with E-state index in [0.29, 0.717) is 0 Å². The fourth-order valence-corrected chi connectivity index (χ4v) is 2.43. The number of rotatable bonds is 6. The van der Waals surface area contributed by atoms with Crippen molar-refractivity contribution < 1.29 is 4.74 Å². The minimum absolute atomic E-state index is 0.126. The zero-order valence-corrected chi connectivity index (χ0v) is 12.3.